The number of H-pyrrole nitrogens is 1. The number of nitrogens with one attached hydrogen (secondary N) is 2. The van der Waals surface area contributed by atoms with Crippen molar-refractivity contribution >= 4 is 22.7 Å². The number of imidazole rings is 1. The molecule has 1 amide bonds. The van der Waals surface area contributed by atoms with Gasteiger partial charge in [-0.25, -0.2) is 15.0 Å². The average Bonchev–Trinajstić information content (AvgIpc) is 3.24. The molecule has 4 rings (SSSR count). The van der Waals surface area contributed by atoms with E-state index >= 15 is 0 Å². The second-order valence-corrected chi connectivity index (χ2v) is 7.10. The maximum atomic E-state index is 12.8. The Bertz CT molecular complexity index is 1220. The van der Waals surface area contributed by atoms with Crippen molar-refractivity contribution < 1.29 is 19.1 Å². The Hall–Kier alpha value is -4.11. The molecule has 2 aromatic heterocycles. The summed E-state index contributed by atoms with van der Waals surface area (Å²) in [7, 11) is 1.56. The number of carbonyl (C=O) groups excluding carboxylic acids is 2. The fourth-order valence-electron chi connectivity index (χ4n) is 3.12. The number of rotatable bonds is 8. The maximum absolute atomic E-state index is 12.8. The molecule has 2 heterocycles. The van der Waals surface area contributed by atoms with Crippen molar-refractivity contribution in [2.24, 2.45) is 0 Å². The van der Waals surface area contributed by atoms with Crippen LogP contribution in [0.25, 0.3) is 11.0 Å². The minimum atomic E-state index is -0.422. The van der Waals surface area contributed by atoms with Gasteiger partial charge in [0.05, 0.1) is 17.6 Å². The smallest absolute Gasteiger partial charge is 0.275 e. The first kappa shape index (κ1) is 21.1. The third-order valence-electron chi connectivity index (χ3n) is 4.61. The molecule has 0 spiro atoms. The van der Waals surface area contributed by atoms with Crippen molar-refractivity contribution in [3.05, 3.63) is 78.0 Å². The van der Waals surface area contributed by atoms with Crippen molar-refractivity contribution in [2.45, 2.75) is 13.0 Å². The zero-order valence-electron chi connectivity index (χ0n) is 17.5. The van der Waals surface area contributed by atoms with Crippen molar-refractivity contribution in [1.82, 2.24) is 25.3 Å². The molecule has 4 aromatic rings. The lowest BCUT2D eigenvalue weighted by molar-refractivity contribution is 0.0897. The van der Waals surface area contributed by atoms with Gasteiger partial charge in [-0.2, -0.15) is 0 Å². The van der Waals surface area contributed by atoms with E-state index in [2.05, 4.69) is 25.3 Å². The quantitative estimate of drug-likeness (QED) is 0.411. The van der Waals surface area contributed by atoms with Crippen molar-refractivity contribution in [1.29, 1.82) is 0 Å². The van der Waals surface area contributed by atoms with Crippen molar-refractivity contribution in [3.8, 4) is 11.6 Å². The van der Waals surface area contributed by atoms with E-state index in [-0.39, 0.29) is 29.2 Å². The van der Waals surface area contributed by atoms with Crippen molar-refractivity contribution in [3.63, 3.8) is 0 Å². The summed E-state index contributed by atoms with van der Waals surface area (Å²) in [5.41, 5.74) is 2.02. The van der Waals surface area contributed by atoms with Gasteiger partial charge in [-0.15, -0.1) is 0 Å². The van der Waals surface area contributed by atoms with Gasteiger partial charge in [0.1, 0.15) is 5.75 Å². The van der Waals surface area contributed by atoms with Crippen LogP contribution in [-0.2, 0) is 4.74 Å². The molecule has 0 unspecified atom stereocenters. The molecule has 32 heavy (non-hydrogen) atoms. The van der Waals surface area contributed by atoms with E-state index in [1.165, 1.54) is 12.4 Å². The average molecular weight is 431 g/mol. The molecule has 0 fully saturated rings. The van der Waals surface area contributed by atoms with E-state index in [0.717, 1.165) is 11.0 Å². The molecule has 9 heteroatoms. The minimum Gasteiger partial charge on any atom is -0.437 e. The number of fused-ring (bicyclic) bond motifs is 1. The fourth-order valence-corrected chi connectivity index (χ4v) is 3.12. The third kappa shape index (κ3) is 4.62. The molecule has 0 saturated carbocycles. The molecule has 0 radical (unpaired) electrons. The molecule has 0 aliphatic rings. The van der Waals surface area contributed by atoms with Crippen LogP contribution in [0, 0.1) is 0 Å². The fraction of sp³-hybridized carbons (Fsp3) is 0.174. The second kappa shape index (κ2) is 9.36. The number of amides is 1. The van der Waals surface area contributed by atoms with Gasteiger partial charge in [0.2, 0.25) is 5.78 Å². The van der Waals surface area contributed by atoms with E-state index in [1.807, 2.05) is 31.2 Å². The van der Waals surface area contributed by atoms with Crippen LogP contribution in [0.1, 0.15) is 33.6 Å². The number of nitrogens with zero attached hydrogens (tertiary/aromatic N) is 3. The number of ketones is 1. The summed E-state index contributed by atoms with van der Waals surface area (Å²) in [4.78, 5) is 40.9. The number of aromatic nitrogens is 4. The Morgan fingerprint density at radius 1 is 1.06 bits per heavy atom. The molecule has 2 aromatic carbocycles. The van der Waals surface area contributed by atoms with E-state index in [0.29, 0.717) is 17.9 Å². The van der Waals surface area contributed by atoms with Crippen LogP contribution in [0.2, 0.25) is 0 Å². The summed E-state index contributed by atoms with van der Waals surface area (Å²) in [6, 6.07) is 13.7. The lowest BCUT2D eigenvalue weighted by atomic mass is 10.1. The standard InChI is InChI=1S/C23H21N5O4/c1-14(13-31-2)26-22(30)19-23(25-12-11-24-19)32-16-9-7-15(8-10-16)20(29)21-27-17-5-3-4-6-18(17)28-21/h3-12,14H,13H2,1-2H3,(H,26,30)(H,27,28)/t14-/m0/s1. The Balaban J connectivity index is 1.49. The summed E-state index contributed by atoms with van der Waals surface area (Å²) in [6.07, 6.45) is 2.85. The lowest BCUT2D eigenvalue weighted by Crippen LogP contribution is -2.36. The molecule has 0 saturated heterocycles. The van der Waals surface area contributed by atoms with Gasteiger partial charge in [0, 0.05) is 31.1 Å². The molecular formula is C23H21N5O4. The van der Waals surface area contributed by atoms with E-state index in [1.54, 1.807) is 31.4 Å². The molecule has 162 valence electrons. The largest absolute Gasteiger partial charge is 0.437 e. The molecular weight excluding hydrogens is 410 g/mol. The monoisotopic (exact) mass is 431 g/mol. The highest BCUT2D eigenvalue weighted by atomic mass is 16.5. The summed E-state index contributed by atoms with van der Waals surface area (Å²) in [6.45, 7) is 2.18. The highest BCUT2D eigenvalue weighted by Gasteiger charge is 2.19. The molecule has 1 atom stereocenters. The first-order valence-electron chi connectivity index (χ1n) is 9.93. The SMILES string of the molecule is COC[C@H](C)NC(=O)c1nccnc1Oc1ccc(C(=O)c2nc3ccccc3[nH]2)cc1. The number of hydrogen-bond acceptors (Lipinski definition) is 7. The first-order valence-corrected chi connectivity index (χ1v) is 9.93. The second-order valence-electron chi connectivity index (χ2n) is 7.10. The van der Waals surface area contributed by atoms with Crippen molar-refractivity contribution in [2.75, 3.05) is 13.7 Å². The van der Waals surface area contributed by atoms with Crippen LogP contribution in [-0.4, -0.2) is 51.4 Å². The molecule has 0 aliphatic heterocycles. The van der Waals surface area contributed by atoms with Crippen LogP contribution >= 0.6 is 0 Å². The number of hydrogen-bond donors (Lipinski definition) is 2. The summed E-state index contributed by atoms with van der Waals surface area (Å²) in [5.74, 6) is 0.0725. The van der Waals surface area contributed by atoms with Crippen LogP contribution in [0.3, 0.4) is 0 Å². The van der Waals surface area contributed by atoms with Gasteiger partial charge in [-0.05, 0) is 43.3 Å². The van der Waals surface area contributed by atoms with Gasteiger partial charge < -0.3 is 19.8 Å². The zero-order valence-corrected chi connectivity index (χ0v) is 17.5. The summed E-state index contributed by atoms with van der Waals surface area (Å²) >= 11 is 0. The van der Waals surface area contributed by atoms with Gasteiger partial charge in [0.25, 0.3) is 11.8 Å². The maximum Gasteiger partial charge on any atom is 0.275 e. The third-order valence-corrected chi connectivity index (χ3v) is 4.61. The highest BCUT2D eigenvalue weighted by molar-refractivity contribution is 6.08. The minimum absolute atomic E-state index is 0.0536. The van der Waals surface area contributed by atoms with Gasteiger partial charge in [-0.1, -0.05) is 12.1 Å². The number of aromatic amines is 1. The number of ether oxygens (including phenoxy) is 2. The lowest BCUT2D eigenvalue weighted by Gasteiger charge is -2.14. The molecule has 0 aliphatic carbocycles. The predicted octanol–water partition coefficient (Wildman–Crippen LogP) is 3.14. The Kier molecular flexibility index (Phi) is 6.18. The number of carbonyl (C=O) groups is 2. The Labute approximate surface area is 183 Å². The zero-order chi connectivity index (χ0) is 22.5. The van der Waals surface area contributed by atoms with E-state index < -0.39 is 5.91 Å². The van der Waals surface area contributed by atoms with Crippen LogP contribution in [0.4, 0.5) is 0 Å². The van der Waals surface area contributed by atoms with E-state index in [4.69, 9.17) is 9.47 Å². The topological polar surface area (TPSA) is 119 Å². The normalized spacial score (nSPS) is 11.8. The predicted molar refractivity (Wildman–Crippen MR) is 117 cm³/mol. The molecule has 2 N–H and O–H groups in total. The molecule has 0 bridgehead atoms. The Morgan fingerprint density at radius 2 is 1.81 bits per heavy atom. The first-order chi connectivity index (χ1) is 15.5. The molecule has 9 nitrogen and oxygen atoms in total. The van der Waals surface area contributed by atoms with Gasteiger partial charge in [0.15, 0.2) is 11.5 Å². The Morgan fingerprint density at radius 3 is 2.56 bits per heavy atom. The van der Waals surface area contributed by atoms with Crippen LogP contribution in [0.5, 0.6) is 11.6 Å². The van der Waals surface area contributed by atoms with E-state index in [9.17, 15) is 9.59 Å². The summed E-state index contributed by atoms with van der Waals surface area (Å²) < 4.78 is 10.8. The highest BCUT2D eigenvalue weighted by Crippen LogP contribution is 2.23. The number of benzene rings is 2. The van der Waals surface area contributed by atoms with Gasteiger partial charge in [-0.3, -0.25) is 9.59 Å². The van der Waals surface area contributed by atoms with Crippen LogP contribution < -0.4 is 10.1 Å². The summed E-state index contributed by atoms with van der Waals surface area (Å²) in [5, 5.41) is 2.77. The van der Waals surface area contributed by atoms with Gasteiger partial charge >= 0.3 is 0 Å². The van der Waals surface area contributed by atoms with Crippen LogP contribution in [0.15, 0.2) is 60.9 Å². The number of para-hydroxylation sites is 2. The number of methoxy groups -OCH3 is 1.